The Morgan fingerprint density at radius 2 is 2.07 bits per heavy atom. The van der Waals surface area contributed by atoms with Crippen LogP contribution in [0.2, 0.25) is 0 Å². The van der Waals surface area contributed by atoms with Crippen LogP contribution in [0.15, 0.2) is 58.4 Å². The Labute approximate surface area is 175 Å². The number of nitrogens with zero attached hydrogens (tertiary/aromatic N) is 1. The van der Waals surface area contributed by atoms with Gasteiger partial charge in [0.25, 0.3) is 11.1 Å². The molecule has 0 spiro atoms. The van der Waals surface area contributed by atoms with Crippen LogP contribution >= 0.6 is 27.7 Å². The summed E-state index contributed by atoms with van der Waals surface area (Å²) >= 11 is 4.42. The number of ether oxygens (including phenoxy) is 1. The summed E-state index contributed by atoms with van der Waals surface area (Å²) in [6, 6.07) is 9.94. The Hall–Kier alpha value is -2.38. The zero-order valence-electron chi connectivity index (χ0n) is 15.1. The van der Waals surface area contributed by atoms with E-state index in [9.17, 15) is 14.0 Å². The third-order valence-electron chi connectivity index (χ3n) is 4.06. The van der Waals surface area contributed by atoms with E-state index in [-0.39, 0.29) is 23.6 Å². The number of carbonyl (C=O) groups excluding carboxylic acids is 2. The Kier molecular flexibility index (Phi) is 6.36. The Morgan fingerprint density at radius 1 is 1.29 bits per heavy atom. The van der Waals surface area contributed by atoms with Crippen LogP contribution in [0.5, 0.6) is 5.75 Å². The van der Waals surface area contributed by atoms with E-state index >= 15 is 0 Å². The molecule has 0 aromatic heterocycles. The van der Waals surface area contributed by atoms with Gasteiger partial charge in [-0.15, -0.1) is 6.58 Å². The van der Waals surface area contributed by atoms with Crippen molar-refractivity contribution in [2.24, 2.45) is 0 Å². The van der Waals surface area contributed by atoms with Gasteiger partial charge >= 0.3 is 0 Å². The maximum atomic E-state index is 13.4. The fourth-order valence-corrected chi connectivity index (χ4v) is 4.17. The lowest BCUT2D eigenvalue weighted by Gasteiger charge is -2.14. The molecular formula is C21H17BrFNO3S. The van der Waals surface area contributed by atoms with Crippen molar-refractivity contribution >= 4 is 44.9 Å². The van der Waals surface area contributed by atoms with Crippen LogP contribution < -0.4 is 4.74 Å². The summed E-state index contributed by atoms with van der Waals surface area (Å²) in [6.07, 6.45) is 3.98. The first kappa shape index (κ1) is 20.4. The van der Waals surface area contributed by atoms with Gasteiger partial charge in [-0.3, -0.25) is 14.5 Å². The lowest BCUT2D eigenvalue weighted by atomic mass is 10.1. The average Bonchev–Trinajstić information content (AvgIpc) is 2.88. The van der Waals surface area contributed by atoms with Gasteiger partial charge < -0.3 is 4.74 Å². The van der Waals surface area contributed by atoms with Crippen molar-refractivity contribution in [3.63, 3.8) is 0 Å². The number of allylic oxidation sites excluding steroid dienone is 1. The highest BCUT2D eigenvalue weighted by Gasteiger charge is 2.31. The van der Waals surface area contributed by atoms with Gasteiger partial charge in [0, 0.05) is 7.05 Å². The fraction of sp³-hybridized carbons (Fsp3) is 0.143. The van der Waals surface area contributed by atoms with E-state index < -0.39 is 0 Å². The summed E-state index contributed by atoms with van der Waals surface area (Å²) in [5.41, 5.74) is 2.35. The summed E-state index contributed by atoms with van der Waals surface area (Å²) < 4.78 is 20.0. The van der Waals surface area contributed by atoms with E-state index in [1.807, 2.05) is 12.1 Å². The van der Waals surface area contributed by atoms with Crippen LogP contribution in [0.4, 0.5) is 9.18 Å². The van der Waals surface area contributed by atoms with Crippen LogP contribution in [0.1, 0.15) is 16.7 Å². The zero-order chi connectivity index (χ0) is 20.3. The Balaban J connectivity index is 1.89. The van der Waals surface area contributed by atoms with Gasteiger partial charge in [-0.1, -0.05) is 18.2 Å². The molecule has 0 bridgehead atoms. The third-order valence-corrected chi connectivity index (χ3v) is 5.61. The minimum absolute atomic E-state index is 0.217. The molecule has 2 aromatic carbocycles. The van der Waals surface area contributed by atoms with Crippen LogP contribution in [0, 0.1) is 5.82 Å². The number of imide groups is 1. The van der Waals surface area contributed by atoms with Crippen molar-refractivity contribution in [2.75, 3.05) is 7.05 Å². The molecule has 1 saturated heterocycles. The summed E-state index contributed by atoms with van der Waals surface area (Å²) in [5.74, 6) is -0.000527. The number of hydrogen-bond acceptors (Lipinski definition) is 4. The molecule has 144 valence electrons. The Morgan fingerprint density at radius 3 is 2.71 bits per heavy atom. The van der Waals surface area contributed by atoms with E-state index in [2.05, 4.69) is 22.5 Å². The number of hydrogen-bond donors (Lipinski definition) is 0. The third kappa shape index (κ3) is 4.54. The first-order valence-corrected chi connectivity index (χ1v) is 10.0. The largest absolute Gasteiger partial charge is 0.487 e. The van der Waals surface area contributed by atoms with Crippen molar-refractivity contribution in [2.45, 2.75) is 13.0 Å². The Bertz CT molecular complexity index is 990. The lowest BCUT2D eigenvalue weighted by molar-refractivity contribution is -0.121. The van der Waals surface area contributed by atoms with E-state index in [0.717, 1.165) is 33.4 Å². The number of thioether (sulfide) groups is 1. The fourth-order valence-electron chi connectivity index (χ4n) is 2.70. The minimum Gasteiger partial charge on any atom is -0.487 e. The smallest absolute Gasteiger partial charge is 0.293 e. The van der Waals surface area contributed by atoms with Gasteiger partial charge in [0.05, 0.1) is 9.38 Å². The minimum atomic E-state index is -0.317. The van der Waals surface area contributed by atoms with Crippen molar-refractivity contribution in [1.29, 1.82) is 0 Å². The van der Waals surface area contributed by atoms with Gasteiger partial charge in [-0.25, -0.2) is 4.39 Å². The summed E-state index contributed by atoms with van der Waals surface area (Å²) in [6.45, 7) is 3.99. The summed E-state index contributed by atoms with van der Waals surface area (Å²) in [4.78, 5) is 25.2. The van der Waals surface area contributed by atoms with Gasteiger partial charge in [0.15, 0.2) is 0 Å². The maximum Gasteiger partial charge on any atom is 0.293 e. The van der Waals surface area contributed by atoms with Gasteiger partial charge in [-0.2, -0.15) is 0 Å². The molecule has 2 aromatic rings. The van der Waals surface area contributed by atoms with Crippen LogP contribution in [-0.2, 0) is 17.8 Å². The number of likely N-dealkylation sites (N-methyl/N-ethyl adjacent to an activating group) is 1. The molecule has 0 saturated carbocycles. The highest BCUT2D eigenvalue weighted by atomic mass is 79.9. The molecule has 3 rings (SSSR count). The van der Waals surface area contributed by atoms with Crippen molar-refractivity contribution < 1.29 is 18.7 Å². The highest BCUT2D eigenvalue weighted by Crippen LogP contribution is 2.35. The monoisotopic (exact) mass is 461 g/mol. The summed E-state index contributed by atoms with van der Waals surface area (Å²) in [5, 5.41) is -0.295. The molecule has 1 aliphatic heterocycles. The molecule has 0 unspecified atom stereocenters. The summed E-state index contributed by atoms with van der Waals surface area (Å²) in [7, 11) is 1.46. The molecule has 1 fully saturated rings. The number of benzene rings is 2. The van der Waals surface area contributed by atoms with Crippen molar-refractivity contribution in [1.82, 2.24) is 4.90 Å². The standard InChI is InChI=1S/C21H17BrFNO3S/c1-3-5-15-8-14(11-18-20(25)24(2)21(26)28-18)10-17(22)19(15)27-12-13-6-4-7-16(23)9-13/h3-4,6-11H,1,5,12H2,2H3/b18-11-. The molecule has 1 heterocycles. The van der Waals surface area contributed by atoms with Crippen molar-refractivity contribution in [3.8, 4) is 5.75 Å². The first-order valence-electron chi connectivity index (χ1n) is 8.41. The second-order valence-corrected chi connectivity index (χ2v) is 7.99. The SMILES string of the molecule is C=CCc1cc(/C=C2\SC(=O)N(C)C2=O)cc(Br)c1OCc1cccc(F)c1. The maximum absolute atomic E-state index is 13.4. The lowest BCUT2D eigenvalue weighted by Crippen LogP contribution is -2.22. The number of amides is 2. The number of carbonyl (C=O) groups is 2. The molecule has 0 aliphatic carbocycles. The van der Waals surface area contributed by atoms with Gasteiger partial charge in [0.1, 0.15) is 18.2 Å². The quantitative estimate of drug-likeness (QED) is 0.417. The molecule has 0 radical (unpaired) electrons. The normalized spacial score (nSPS) is 15.4. The van der Waals surface area contributed by atoms with E-state index in [0.29, 0.717) is 21.5 Å². The van der Waals surface area contributed by atoms with E-state index in [4.69, 9.17) is 4.74 Å². The van der Waals surface area contributed by atoms with Gasteiger partial charge in [-0.05, 0) is 81.1 Å². The number of rotatable bonds is 6. The van der Waals surface area contributed by atoms with E-state index in [1.54, 1.807) is 24.3 Å². The molecule has 1 aliphatic rings. The molecule has 7 heteroatoms. The topological polar surface area (TPSA) is 46.6 Å². The van der Waals surface area contributed by atoms with Crippen LogP contribution in [-0.4, -0.2) is 23.1 Å². The number of halogens is 2. The zero-order valence-corrected chi connectivity index (χ0v) is 17.5. The molecule has 0 N–H and O–H groups in total. The molecule has 2 amide bonds. The van der Waals surface area contributed by atoms with Gasteiger partial charge in [0.2, 0.25) is 0 Å². The predicted octanol–water partition coefficient (Wildman–Crippen LogP) is 5.56. The average molecular weight is 462 g/mol. The molecule has 0 atom stereocenters. The first-order chi connectivity index (χ1) is 13.4. The molecular weight excluding hydrogens is 445 g/mol. The second kappa shape index (κ2) is 8.75. The molecule has 28 heavy (non-hydrogen) atoms. The second-order valence-electron chi connectivity index (χ2n) is 6.14. The van der Waals surface area contributed by atoms with Crippen LogP contribution in [0.3, 0.4) is 0 Å². The van der Waals surface area contributed by atoms with Crippen molar-refractivity contribution in [3.05, 3.63) is 80.9 Å². The predicted molar refractivity (Wildman–Crippen MR) is 113 cm³/mol. The van der Waals surface area contributed by atoms with E-state index in [1.165, 1.54) is 19.2 Å². The van der Waals surface area contributed by atoms with Crippen LogP contribution in [0.25, 0.3) is 6.08 Å². The highest BCUT2D eigenvalue weighted by molar-refractivity contribution is 9.10. The molecule has 4 nitrogen and oxygen atoms in total.